The van der Waals surface area contributed by atoms with Crippen molar-refractivity contribution < 1.29 is 14.3 Å². The average Bonchev–Trinajstić information content (AvgIpc) is 3.47. The molecule has 1 amide bonds. The molecule has 0 N–H and O–H groups in total. The van der Waals surface area contributed by atoms with Gasteiger partial charge in [0, 0.05) is 35.1 Å². The maximum Gasteiger partial charge on any atom is 0.256 e. The number of rotatable bonds is 5. The van der Waals surface area contributed by atoms with Gasteiger partial charge in [-0.05, 0) is 51.0 Å². The van der Waals surface area contributed by atoms with E-state index >= 15 is 0 Å². The number of hydrogen-bond acceptors (Lipinski definition) is 5. The summed E-state index contributed by atoms with van der Waals surface area (Å²) in [5, 5.41) is 2.83. The number of amides is 1. The van der Waals surface area contributed by atoms with Gasteiger partial charge in [-0.3, -0.25) is 9.36 Å². The molecule has 0 bridgehead atoms. The van der Waals surface area contributed by atoms with Gasteiger partial charge in [-0.2, -0.15) is 0 Å². The summed E-state index contributed by atoms with van der Waals surface area (Å²) in [5.74, 6) is 1.60. The van der Waals surface area contributed by atoms with Crippen LogP contribution in [-0.2, 0) is 0 Å². The van der Waals surface area contributed by atoms with Crippen LogP contribution in [0.1, 0.15) is 46.2 Å². The van der Waals surface area contributed by atoms with Crippen molar-refractivity contribution in [1.82, 2.24) is 14.5 Å². The second-order valence-corrected chi connectivity index (χ2v) is 8.07. The fourth-order valence-corrected chi connectivity index (χ4v) is 4.94. The Bertz CT molecular complexity index is 1030. The molecule has 0 radical (unpaired) electrons. The smallest absolute Gasteiger partial charge is 0.256 e. The highest BCUT2D eigenvalue weighted by Gasteiger charge is 2.34. The summed E-state index contributed by atoms with van der Waals surface area (Å²) in [5.41, 5.74) is 3.65. The molecule has 6 nitrogen and oxygen atoms in total. The monoisotopic (exact) mass is 411 g/mol. The minimum atomic E-state index is -0.0320. The van der Waals surface area contributed by atoms with Crippen molar-refractivity contribution >= 4 is 17.2 Å². The molecule has 29 heavy (non-hydrogen) atoms. The lowest BCUT2D eigenvalue weighted by Gasteiger charge is -2.27. The highest BCUT2D eigenvalue weighted by molar-refractivity contribution is 7.12. The van der Waals surface area contributed by atoms with Crippen molar-refractivity contribution in [3.05, 3.63) is 58.4 Å². The summed E-state index contributed by atoms with van der Waals surface area (Å²) in [4.78, 5) is 19.9. The van der Waals surface area contributed by atoms with Gasteiger partial charge in [-0.25, -0.2) is 4.98 Å². The second-order valence-electron chi connectivity index (χ2n) is 7.20. The summed E-state index contributed by atoms with van der Waals surface area (Å²) >= 11 is 1.56. The topological polar surface area (TPSA) is 56.6 Å². The molecule has 0 saturated carbocycles. The molecule has 1 fully saturated rings. The minimum absolute atomic E-state index is 0.0320. The molecule has 1 aliphatic heterocycles. The Morgan fingerprint density at radius 3 is 2.72 bits per heavy atom. The molecule has 2 aromatic heterocycles. The Kier molecular flexibility index (Phi) is 5.32. The fourth-order valence-electron chi connectivity index (χ4n) is 4.19. The van der Waals surface area contributed by atoms with Crippen LogP contribution in [0, 0.1) is 13.8 Å². The van der Waals surface area contributed by atoms with E-state index < -0.39 is 0 Å². The number of aromatic nitrogens is 2. The molecule has 7 heteroatoms. The summed E-state index contributed by atoms with van der Waals surface area (Å²) < 4.78 is 13.0. The van der Waals surface area contributed by atoms with Crippen molar-refractivity contribution in [2.75, 3.05) is 20.8 Å². The number of likely N-dealkylation sites (tertiary alicyclic amines) is 1. The molecule has 1 atom stereocenters. The number of carbonyl (C=O) groups excluding carboxylic acids is 1. The quantitative estimate of drug-likeness (QED) is 0.618. The van der Waals surface area contributed by atoms with Crippen molar-refractivity contribution in [2.24, 2.45) is 0 Å². The third-order valence-corrected chi connectivity index (χ3v) is 6.34. The number of nitrogens with zero attached hydrogens (tertiary/aromatic N) is 3. The number of thiazole rings is 1. The molecular formula is C22H25N3O3S. The highest BCUT2D eigenvalue weighted by Crippen LogP contribution is 2.40. The first-order valence-electron chi connectivity index (χ1n) is 9.66. The van der Waals surface area contributed by atoms with E-state index in [1.165, 1.54) is 0 Å². The fraction of sp³-hybridized carbons (Fsp3) is 0.364. The SMILES string of the molecule is COc1ccc(OC)c([C@@H]2CCCN2C(=O)c2cc(C)n(-c3nccs3)c2C)c1. The number of aryl methyl sites for hydroxylation is 1. The predicted octanol–water partition coefficient (Wildman–Crippen LogP) is 4.55. The van der Waals surface area contributed by atoms with Crippen molar-refractivity contribution in [1.29, 1.82) is 0 Å². The number of carbonyl (C=O) groups is 1. The Balaban J connectivity index is 1.70. The standard InChI is InChI=1S/C22H25N3O3S/c1-14-12-17(15(2)25(14)22-23-9-11-29-22)21(26)24-10-5-6-19(24)18-13-16(27-3)7-8-20(18)28-4/h7-9,11-13,19H,5-6,10H2,1-4H3/t19-/m0/s1. The second kappa shape index (κ2) is 7.91. The number of methoxy groups -OCH3 is 2. The molecule has 3 heterocycles. The van der Waals surface area contributed by atoms with Crippen molar-refractivity contribution in [3.8, 4) is 16.6 Å². The predicted molar refractivity (Wildman–Crippen MR) is 113 cm³/mol. The zero-order valence-electron chi connectivity index (χ0n) is 17.1. The molecule has 152 valence electrons. The van der Waals surface area contributed by atoms with Crippen LogP contribution in [0.3, 0.4) is 0 Å². The van der Waals surface area contributed by atoms with Crippen LogP contribution in [-0.4, -0.2) is 41.1 Å². The van der Waals surface area contributed by atoms with E-state index in [1.54, 1.807) is 31.8 Å². The molecule has 0 aliphatic carbocycles. The number of ether oxygens (including phenoxy) is 2. The van der Waals surface area contributed by atoms with Crippen LogP contribution in [0.4, 0.5) is 0 Å². The molecule has 4 rings (SSSR count). The van der Waals surface area contributed by atoms with Gasteiger partial charge in [0.05, 0.1) is 25.8 Å². The zero-order valence-corrected chi connectivity index (χ0v) is 18.0. The van der Waals surface area contributed by atoms with Gasteiger partial charge in [0.25, 0.3) is 5.91 Å². The Labute approximate surface area is 174 Å². The van der Waals surface area contributed by atoms with E-state index in [0.717, 1.165) is 58.5 Å². The molecule has 0 unspecified atom stereocenters. The van der Waals surface area contributed by atoms with Gasteiger partial charge in [-0.1, -0.05) is 0 Å². The van der Waals surface area contributed by atoms with Crippen LogP contribution in [0.5, 0.6) is 11.5 Å². The maximum atomic E-state index is 13.6. The van der Waals surface area contributed by atoms with Gasteiger partial charge in [0.15, 0.2) is 5.13 Å². The van der Waals surface area contributed by atoms with E-state index in [4.69, 9.17) is 9.47 Å². The molecule has 1 aromatic carbocycles. The van der Waals surface area contributed by atoms with Crippen LogP contribution < -0.4 is 9.47 Å². The van der Waals surface area contributed by atoms with Crippen LogP contribution in [0.15, 0.2) is 35.8 Å². The van der Waals surface area contributed by atoms with E-state index in [-0.39, 0.29) is 11.9 Å². The summed E-state index contributed by atoms with van der Waals surface area (Å²) in [7, 11) is 3.31. The molecule has 1 aliphatic rings. The first-order valence-corrected chi connectivity index (χ1v) is 10.5. The molecular weight excluding hydrogens is 386 g/mol. The Hall–Kier alpha value is -2.80. The summed E-state index contributed by atoms with van der Waals surface area (Å²) in [6, 6.07) is 7.70. The maximum absolute atomic E-state index is 13.6. The van der Waals surface area contributed by atoms with Crippen LogP contribution in [0.2, 0.25) is 0 Å². The van der Waals surface area contributed by atoms with E-state index in [9.17, 15) is 4.79 Å². The van der Waals surface area contributed by atoms with E-state index in [0.29, 0.717) is 0 Å². The lowest BCUT2D eigenvalue weighted by Crippen LogP contribution is -2.31. The Morgan fingerprint density at radius 1 is 1.21 bits per heavy atom. The summed E-state index contributed by atoms with van der Waals surface area (Å²) in [6.45, 7) is 4.72. The van der Waals surface area contributed by atoms with Crippen LogP contribution in [0.25, 0.3) is 5.13 Å². The molecule has 0 spiro atoms. The van der Waals surface area contributed by atoms with Gasteiger partial charge in [-0.15, -0.1) is 11.3 Å². The van der Waals surface area contributed by atoms with Gasteiger partial charge in [0.1, 0.15) is 11.5 Å². The first-order chi connectivity index (χ1) is 14.0. The first kappa shape index (κ1) is 19.5. The normalized spacial score (nSPS) is 16.3. The number of benzene rings is 1. The summed E-state index contributed by atoms with van der Waals surface area (Å²) in [6.07, 6.45) is 3.65. The lowest BCUT2D eigenvalue weighted by molar-refractivity contribution is 0.0733. The third-order valence-electron chi connectivity index (χ3n) is 5.58. The largest absolute Gasteiger partial charge is 0.497 e. The minimum Gasteiger partial charge on any atom is -0.497 e. The highest BCUT2D eigenvalue weighted by atomic mass is 32.1. The lowest BCUT2D eigenvalue weighted by atomic mass is 10.0. The molecule has 3 aromatic rings. The van der Waals surface area contributed by atoms with Gasteiger partial charge in [0.2, 0.25) is 0 Å². The van der Waals surface area contributed by atoms with Gasteiger partial charge >= 0.3 is 0 Å². The molecule has 1 saturated heterocycles. The third kappa shape index (κ3) is 3.40. The van der Waals surface area contributed by atoms with E-state index in [1.807, 2.05) is 48.4 Å². The van der Waals surface area contributed by atoms with Crippen molar-refractivity contribution in [2.45, 2.75) is 32.7 Å². The van der Waals surface area contributed by atoms with E-state index in [2.05, 4.69) is 9.55 Å². The average molecular weight is 412 g/mol. The number of hydrogen-bond donors (Lipinski definition) is 0. The Morgan fingerprint density at radius 2 is 2.03 bits per heavy atom. The van der Waals surface area contributed by atoms with Crippen molar-refractivity contribution in [3.63, 3.8) is 0 Å². The zero-order chi connectivity index (χ0) is 20.5. The van der Waals surface area contributed by atoms with Gasteiger partial charge < -0.3 is 14.4 Å². The van der Waals surface area contributed by atoms with Crippen LogP contribution >= 0.6 is 11.3 Å².